The lowest BCUT2D eigenvalue weighted by Gasteiger charge is -2.31. The van der Waals surface area contributed by atoms with Crippen molar-refractivity contribution in [2.24, 2.45) is 5.92 Å². The highest BCUT2D eigenvalue weighted by Gasteiger charge is 2.17. The highest BCUT2D eigenvalue weighted by Crippen LogP contribution is 2.22. The van der Waals surface area contributed by atoms with Gasteiger partial charge in [-0.25, -0.2) is 9.97 Å². The summed E-state index contributed by atoms with van der Waals surface area (Å²) in [5.41, 5.74) is 0. The zero-order valence-corrected chi connectivity index (χ0v) is 13.5. The molecule has 1 saturated heterocycles. The van der Waals surface area contributed by atoms with Crippen molar-refractivity contribution in [3.8, 4) is 0 Å². The van der Waals surface area contributed by atoms with Crippen molar-refractivity contribution in [1.82, 2.24) is 9.97 Å². The third-order valence-electron chi connectivity index (χ3n) is 3.71. The van der Waals surface area contributed by atoms with Crippen molar-refractivity contribution in [2.45, 2.75) is 46.1 Å². The highest BCUT2D eigenvalue weighted by atomic mass is 16.5. The first-order chi connectivity index (χ1) is 10.1. The molecule has 5 heteroatoms. The fraction of sp³-hybridized carbons (Fsp3) is 0.750. The molecular formula is C16H28N4O. The van der Waals surface area contributed by atoms with Crippen molar-refractivity contribution in [3.05, 3.63) is 12.4 Å². The Morgan fingerprint density at radius 3 is 3.05 bits per heavy atom. The van der Waals surface area contributed by atoms with Crippen LogP contribution in [0.2, 0.25) is 0 Å². The van der Waals surface area contributed by atoms with Crippen molar-refractivity contribution >= 4 is 11.6 Å². The Morgan fingerprint density at radius 2 is 2.29 bits per heavy atom. The third-order valence-corrected chi connectivity index (χ3v) is 3.71. The van der Waals surface area contributed by atoms with Gasteiger partial charge < -0.3 is 15.0 Å². The number of nitrogens with zero attached hydrogens (tertiary/aromatic N) is 3. The second-order valence-corrected chi connectivity index (χ2v) is 6.15. The highest BCUT2D eigenvalue weighted by molar-refractivity contribution is 5.48. The van der Waals surface area contributed by atoms with E-state index < -0.39 is 0 Å². The average Bonchev–Trinajstić information content (AvgIpc) is 2.47. The fourth-order valence-corrected chi connectivity index (χ4v) is 2.62. The van der Waals surface area contributed by atoms with Crippen LogP contribution in [-0.2, 0) is 4.74 Å². The van der Waals surface area contributed by atoms with Crippen molar-refractivity contribution in [2.75, 3.05) is 36.5 Å². The van der Waals surface area contributed by atoms with Gasteiger partial charge in [0.25, 0.3) is 0 Å². The molecule has 2 rings (SSSR count). The Morgan fingerprint density at radius 1 is 1.43 bits per heavy atom. The SMILES string of the molecule is CC1CCCN(c2cc(NCCCOC(C)C)ncn2)C1. The molecule has 0 amide bonds. The number of hydrogen-bond donors (Lipinski definition) is 1. The number of aromatic nitrogens is 2. The molecule has 0 aromatic carbocycles. The molecule has 1 fully saturated rings. The summed E-state index contributed by atoms with van der Waals surface area (Å²) in [5.74, 6) is 2.69. The summed E-state index contributed by atoms with van der Waals surface area (Å²) in [7, 11) is 0. The minimum atomic E-state index is 0.303. The van der Waals surface area contributed by atoms with Crippen LogP contribution in [0.15, 0.2) is 12.4 Å². The van der Waals surface area contributed by atoms with E-state index in [1.165, 1.54) is 12.8 Å². The summed E-state index contributed by atoms with van der Waals surface area (Å²) in [6.45, 7) is 10.3. The molecule has 1 aromatic heterocycles. The van der Waals surface area contributed by atoms with Gasteiger partial charge in [0, 0.05) is 32.3 Å². The maximum Gasteiger partial charge on any atom is 0.134 e. The monoisotopic (exact) mass is 292 g/mol. The van der Waals surface area contributed by atoms with Gasteiger partial charge in [-0.15, -0.1) is 0 Å². The molecule has 1 N–H and O–H groups in total. The molecule has 1 aromatic rings. The van der Waals surface area contributed by atoms with Crippen LogP contribution in [0.4, 0.5) is 11.6 Å². The minimum Gasteiger partial charge on any atom is -0.379 e. The Balaban J connectivity index is 1.80. The van der Waals surface area contributed by atoms with Crippen LogP contribution >= 0.6 is 0 Å². The van der Waals surface area contributed by atoms with E-state index in [1.54, 1.807) is 6.33 Å². The van der Waals surface area contributed by atoms with Gasteiger partial charge in [0.2, 0.25) is 0 Å². The number of rotatable bonds is 7. The maximum absolute atomic E-state index is 5.53. The van der Waals surface area contributed by atoms with E-state index in [4.69, 9.17) is 4.74 Å². The zero-order chi connectivity index (χ0) is 15.1. The molecule has 21 heavy (non-hydrogen) atoms. The molecule has 0 aliphatic carbocycles. The lowest BCUT2D eigenvalue weighted by atomic mass is 10.0. The number of ether oxygens (including phenoxy) is 1. The van der Waals surface area contributed by atoms with Gasteiger partial charge in [-0.2, -0.15) is 0 Å². The topological polar surface area (TPSA) is 50.3 Å². The molecule has 0 saturated carbocycles. The Labute approximate surface area is 128 Å². The van der Waals surface area contributed by atoms with Crippen molar-refractivity contribution in [3.63, 3.8) is 0 Å². The van der Waals surface area contributed by atoms with E-state index in [9.17, 15) is 0 Å². The van der Waals surface area contributed by atoms with Crippen molar-refractivity contribution in [1.29, 1.82) is 0 Å². The van der Waals surface area contributed by atoms with Crippen LogP contribution in [0.25, 0.3) is 0 Å². The summed E-state index contributed by atoms with van der Waals surface area (Å²) in [4.78, 5) is 11.1. The molecule has 118 valence electrons. The molecule has 1 aliphatic heterocycles. The number of piperidine rings is 1. The van der Waals surface area contributed by atoms with Gasteiger partial charge in [0.1, 0.15) is 18.0 Å². The third kappa shape index (κ3) is 5.50. The summed E-state index contributed by atoms with van der Waals surface area (Å²) < 4.78 is 5.53. The molecule has 0 radical (unpaired) electrons. The predicted octanol–water partition coefficient (Wildman–Crippen LogP) is 2.94. The minimum absolute atomic E-state index is 0.303. The Hall–Kier alpha value is -1.36. The lowest BCUT2D eigenvalue weighted by Crippen LogP contribution is -2.34. The summed E-state index contributed by atoms with van der Waals surface area (Å²) in [6.07, 6.45) is 5.51. The van der Waals surface area contributed by atoms with Crippen molar-refractivity contribution < 1.29 is 4.74 Å². The van der Waals surface area contributed by atoms with Crippen LogP contribution < -0.4 is 10.2 Å². The molecule has 5 nitrogen and oxygen atoms in total. The zero-order valence-electron chi connectivity index (χ0n) is 13.5. The van der Waals surface area contributed by atoms with E-state index in [1.807, 2.05) is 0 Å². The van der Waals surface area contributed by atoms with Gasteiger partial charge in [0.05, 0.1) is 6.10 Å². The molecule has 0 bridgehead atoms. The number of hydrogen-bond acceptors (Lipinski definition) is 5. The van der Waals surface area contributed by atoms with E-state index in [0.29, 0.717) is 6.10 Å². The number of nitrogens with one attached hydrogen (secondary N) is 1. The van der Waals surface area contributed by atoms with Crippen LogP contribution in [0, 0.1) is 5.92 Å². The predicted molar refractivity (Wildman–Crippen MR) is 86.8 cm³/mol. The van der Waals surface area contributed by atoms with Crippen LogP contribution in [0.3, 0.4) is 0 Å². The molecule has 1 aliphatic rings. The quantitative estimate of drug-likeness (QED) is 0.783. The second kappa shape index (κ2) is 8.17. The van der Waals surface area contributed by atoms with Crippen LogP contribution in [0.5, 0.6) is 0 Å². The number of anilines is 2. The molecule has 0 spiro atoms. The van der Waals surface area contributed by atoms with E-state index in [-0.39, 0.29) is 0 Å². The average molecular weight is 292 g/mol. The van der Waals surface area contributed by atoms with Gasteiger partial charge in [-0.1, -0.05) is 6.92 Å². The maximum atomic E-state index is 5.53. The smallest absolute Gasteiger partial charge is 0.134 e. The largest absolute Gasteiger partial charge is 0.379 e. The van der Waals surface area contributed by atoms with Gasteiger partial charge >= 0.3 is 0 Å². The fourth-order valence-electron chi connectivity index (χ4n) is 2.62. The first-order valence-electron chi connectivity index (χ1n) is 8.07. The lowest BCUT2D eigenvalue weighted by molar-refractivity contribution is 0.0787. The van der Waals surface area contributed by atoms with Gasteiger partial charge in [-0.05, 0) is 39.0 Å². The summed E-state index contributed by atoms with van der Waals surface area (Å²) >= 11 is 0. The molecular weight excluding hydrogens is 264 g/mol. The Kier molecular flexibility index (Phi) is 6.23. The first-order valence-corrected chi connectivity index (χ1v) is 8.07. The summed E-state index contributed by atoms with van der Waals surface area (Å²) in [6, 6.07) is 2.06. The van der Waals surface area contributed by atoms with Crippen LogP contribution in [0.1, 0.15) is 40.0 Å². The normalized spacial score (nSPS) is 19.0. The van der Waals surface area contributed by atoms with E-state index in [0.717, 1.165) is 50.2 Å². The Bertz CT molecular complexity index is 424. The second-order valence-electron chi connectivity index (χ2n) is 6.15. The first kappa shape index (κ1) is 16.0. The standard InChI is InChI=1S/C16H28N4O/c1-13(2)21-9-5-7-17-15-10-16(19-12-18-15)20-8-4-6-14(3)11-20/h10,12-14H,4-9,11H2,1-3H3,(H,17,18,19). The van der Waals surface area contributed by atoms with E-state index in [2.05, 4.69) is 47.0 Å². The molecule has 1 atom stereocenters. The van der Waals surface area contributed by atoms with Gasteiger partial charge in [0.15, 0.2) is 0 Å². The molecule has 1 unspecified atom stereocenters. The van der Waals surface area contributed by atoms with Crippen LogP contribution in [-0.4, -0.2) is 42.3 Å². The molecule has 2 heterocycles. The van der Waals surface area contributed by atoms with Gasteiger partial charge in [-0.3, -0.25) is 0 Å². The summed E-state index contributed by atoms with van der Waals surface area (Å²) in [5, 5.41) is 3.35. The van der Waals surface area contributed by atoms with E-state index >= 15 is 0 Å².